The van der Waals surface area contributed by atoms with Crippen molar-refractivity contribution in [2.24, 2.45) is 5.92 Å². The van der Waals surface area contributed by atoms with Gasteiger partial charge in [0.2, 0.25) is 0 Å². The topological polar surface area (TPSA) is 21.3 Å². The van der Waals surface area contributed by atoms with E-state index in [1.807, 2.05) is 0 Å². The normalized spacial score (nSPS) is 16.6. The number of benzene rings is 1. The highest BCUT2D eigenvalue weighted by Gasteiger charge is 2.31. The summed E-state index contributed by atoms with van der Waals surface area (Å²) in [5.41, 5.74) is 2.63. The van der Waals surface area contributed by atoms with Crippen molar-refractivity contribution in [2.75, 3.05) is 13.2 Å². The molecule has 1 atom stereocenters. The van der Waals surface area contributed by atoms with Crippen molar-refractivity contribution >= 4 is 0 Å². The first-order valence-corrected chi connectivity index (χ1v) is 7.14. The predicted molar refractivity (Wildman–Crippen MR) is 76.2 cm³/mol. The summed E-state index contributed by atoms with van der Waals surface area (Å²) in [6, 6.07) is 6.88. The van der Waals surface area contributed by atoms with Crippen LogP contribution >= 0.6 is 0 Å². The Kier molecular flexibility index (Phi) is 4.65. The average Bonchev–Trinajstić information content (AvgIpc) is 3.18. The van der Waals surface area contributed by atoms with Gasteiger partial charge in [0, 0.05) is 6.04 Å². The van der Waals surface area contributed by atoms with Gasteiger partial charge in [0.25, 0.3) is 0 Å². The van der Waals surface area contributed by atoms with E-state index >= 15 is 0 Å². The fraction of sp³-hybridized carbons (Fsp3) is 0.625. The fourth-order valence-electron chi connectivity index (χ4n) is 2.18. The van der Waals surface area contributed by atoms with Gasteiger partial charge < -0.3 is 10.1 Å². The number of rotatable bonds is 7. The van der Waals surface area contributed by atoms with Crippen molar-refractivity contribution in [1.29, 1.82) is 0 Å². The SMILES string of the molecule is CCCNC(COc1ccc(C)c(C)c1)C1CC1. The first kappa shape index (κ1) is 13.4. The van der Waals surface area contributed by atoms with Gasteiger partial charge in [-0.2, -0.15) is 0 Å². The molecule has 0 bridgehead atoms. The molecule has 0 heterocycles. The van der Waals surface area contributed by atoms with Gasteiger partial charge in [-0.25, -0.2) is 0 Å². The Balaban J connectivity index is 1.86. The third-order valence-corrected chi connectivity index (χ3v) is 3.76. The third-order valence-electron chi connectivity index (χ3n) is 3.76. The van der Waals surface area contributed by atoms with Crippen molar-refractivity contribution in [3.05, 3.63) is 29.3 Å². The summed E-state index contributed by atoms with van der Waals surface area (Å²) < 4.78 is 5.94. The second-order valence-corrected chi connectivity index (χ2v) is 5.46. The maximum absolute atomic E-state index is 5.94. The predicted octanol–water partition coefficient (Wildman–Crippen LogP) is 3.46. The summed E-state index contributed by atoms with van der Waals surface area (Å²) in [4.78, 5) is 0. The molecule has 2 rings (SSSR count). The summed E-state index contributed by atoms with van der Waals surface area (Å²) in [5.74, 6) is 1.84. The van der Waals surface area contributed by atoms with E-state index in [0.717, 1.165) is 24.8 Å². The quantitative estimate of drug-likeness (QED) is 0.796. The zero-order valence-electron chi connectivity index (χ0n) is 11.8. The number of hydrogen-bond donors (Lipinski definition) is 1. The Morgan fingerprint density at radius 2 is 2.06 bits per heavy atom. The lowest BCUT2D eigenvalue weighted by molar-refractivity contribution is 0.249. The van der Waals surface area contributed by atoms with Crippen molar-refractivity contribution in [3.63, 3.8) is 0 Å². The molecule has 2 heteroatoms. The molecule has 0 spiro atoms. The third kappa shape index (κ3) is 3.74. The van der Waals surface area contributed by atoms with Crippen LogP contribution in [0.1, 0.15) is 37.3 Å². The first-order valence-electron chi connectivity index (χ1n) is 7.14. The van der Waals surface area contributed by atoms with Crippen LogP contribution in [0.4, 0.5) is 0 Å². The first-order chi connectivity index (χ1) is 8.70. The van der Waals surface area contributed by atoms with E-state index in [-0.39, 0.29) is 0 Å². The number of ether oxygens (including phenoxy) is 1. The van der Waals surface area contributed by atoms with Crippen LogP contribution in [0.15, 0.2) is 18.2 Å². The van der Waals surface area contributed by atoms with E-state index in [4.69, 9.17) is 4.74 Å². The van der Waals surface area contributed by atoms with E-state index in [9.17, 15) is 0 Å². The molecule has 1 aromatic carbocycles. The molecule has 100 valence electrons. The highest BCUT2D eigenvalue weighted by molar-refractivity contribution is 5.33. The van der Waals surface area contributed by atoms with Crippen LogP contribution in [-0.2, 0) is 0 Å². The van der Waals surface area contributed by atoms with Crippen LogP contribution in [0.25, 0.3) is 0 Å². The fourth-order valence-corrected chi connectivity index (χ4v) is 2.18. The van der Waals surface area contributed by atoms with Crippen LogP contribution < -0.4 is 10.1 Å². The highest BCUT2D eigenvalue weighted by atomic mass is 16.5. The Labute approximate surface area is 111 Å². The largest absolute Gasteiger partial charge is 0.492 e. The lowest BCUT2D eigenvalue weighted by Crippen LogP contribution is -2.37. The highest BCUT2D eigenvalue weighted by Crippen LogP contribution is 2.33. The van der Waals surface area contributed by atoms with Crippen LogP contribution in [0.5, 0.6) is 5.75 Å². The monoisotopic (exact) mass is 247 g/mol. The van der Waals surface area contributed by atoms with E-state index in [1.165, 1.54) is 30.4 Å². The lowest BCUT2D eigenvalue weighted by atomic mass is 10.1. The van der Waals surface area contributed by atoms with Crippen molar-refractivity contribution in [1.82, 2.24) is 5.32 Å². The molecule has 1 N–H and O–H groups in total. The molecule has 0 amide bonds. The zero-order valence-corrected chi connectivity index (χ0v) is 11.8. The smallest absolute Gasteiger partial charge is 0.119 e. The minimum absolute atomic E-state index is 0.534. The molecule has 0 saturated heterocycles. The number of aryl methyl sites for hydroxylation is 2. The van der Waals surface area contributed by atoms with Crippen molar-refractivity contribution in [3.8, 4) is 5.75 Å². The molecule has 1 aromatic rings. The Hall–Kier alpha value is -1.02. The number of nitrogens with one attached hydrogen (secondary N) is 1. The van der Waals surface area contributed by atoms with Gasteiger partial charge in [0.05, 0.1) is 0 Å². The Bertz CT molecular complexity index is 385. The van der Waals surface area contributed by atoms with E-state index in [1.54, 1.807) is 0 Å². The van der Waals surface area contributed by atoms with Gasteiger partial charge in [-0.3, -0.25) is 0 Å². The molecule has 0 aromatic heterocycles. The Morgan fingerprint density at radius 1 is 1.28 bits per heavy atom. The van der Waals surface area contributed by atoms with Gasteiger partial charge >= 0.3 is 0 Å². The summed E-state index contributed by atoms with van der Waals surface area (Å²) in [6.45, 7) is 8.37. The summed E-state index contributed by atoms with van der Waals surface area (Å²) in [5, 5.41) is 3.60. The van der Waals surface area contributed by atoms with E-state index in [0.29, 0.717) is 6.04 Å². The minimum atomic E-state index is 0.534. The molecule has 1 fully saturated rings. The molecule has 0 radical (unpaired) electrons. The van der Waals surface area contributed by atoms with E-state index in [2.05, 4.69) is 44.3 Å². The average molecular weight is 247 g/mol. The molecule has 2 nitrogen and oxygen atoms in total. The van der Waals surface area contributed by atoms with Crippen LogP contribution in [0.2, 0.25) is 0 Å². The maximum atomic E-state index is 5.94. The van der Waals surface area contributed by atoms with E-state index < -0.39 is 0 Å². The van der Waals surface area contributed by atoms with Crippen LogP contribution in [-0.4, -0.2) is 19.2 Å². The molecule has 1 unspecified atom stereocenters. The molecule has 0 aliphatic heterocycles. The van der Waals surface area contributed by atoms with Gasteiger partial charge in [-0.15, -0.1) is 0 Å². The Morgan fingerprint density at radius 3 is 2.67 bits per heavy atom. The summed E-state index contributed by atoms with van der Waals surface area (Å²) in [6.07, 6.45) is 3.90. The van der Waals surface area contributed by atoms with Crippen molar-refractivity contribution in [2.45, 2.75) is 46.1 Å². The molecular formula is C16H25NO. The van der Waals surface area contributed by atoms with Gasteiger partial charge in [-0.1, -0.05) is 13.0 Å². The van der Waals surface area contributed by atoms with Crippen molar-refractivity contribution < 1.29 is 4.74 Å². The molecule has 1 aliphatic carbocycles. The molecule has 1 saturated carbocycles. The van der Waals surface area contributed by atoms with Gasteiger partial charge in [0.1, 0.15) is 12.4 Å². The number of hydrogen-bond acceptors (Lipinski definition) is 2. The van der Waals surface area contributed by atoms with Crippen LogP contribution in [0, 0.1) is 19.8 Å². The second-order valence-electron chi connectivity index (χ2n) is 5.46. The zero-order chi connectivity index (χ0) is 13.0. The molecular weight excluding hydrogens is 222 g/mol. The van der Waals surface area contributed by atoms with Crippen LogP contribution in [0.3, 0.4) is 0 Å². The standard InChI is InChI=1S/C16H25NO/c1-4-9-17-16(14-6-7-14)11-18-15-8-5-12(2)13(3)10-15/h5,8,10,14,16-17H,4,6-7,9,11H2,1-3H3. The minimum Gasteiger partial charge on any atom is -0.492 e. The lowest BCUT2D eigenvalue weighted by Gasteiger charge is -2.19. The van der Waals surface area contributed by atoms with Gasteiger partial charge in [-0.05, 0) is 68.8 Å². The summed E-state index contributed by atoms with van der Waals surface area (Å²) in [7, 11) is 0. The summed E-state index contributed by atoms with van der Waals surface area (Å²) >= 11 is 0. The molecule has 1 aliphatic rings. The second kappa shape index (κ2) is 6.24. The van der Waals surface area contributed by atoms with Gasteiger partial charge in [0.15, 0.2) is 0 Å². The maximum Gasteiger partial charge on any atom is 0.119 e. The molecule has 18 heavy (non-hydrogen) atoms.